The average Bonchev–Trinajstić information content (AvgIpc) is 3.13. The maximum atomic E-state index is 6.32. The Bertz CT molecular complexity index is 1100. The number of benzene rings is 2. The number of aromatic nitrogens is 3. The van der Waals surface area contributed by atoms with Crippen LogP contribution < -0.4 is 0 Å². The van der Waals surface area contributed by atoms with E-state index in [0.717, 1.165) is 53.9 Å². The van der Waals surface area contributed by atoms with Crippen LogP contribution in [0.4, 0.5) is 0 Å². The Hall–Kier alpha value is -2.69. The second-order valence-electron chi connectivity index (χ2n) is 6.97. The monoisotopic (exact) mass is 374 g/mol. The van der Waals surface area contributed by atoms with Crippen LogP contribution >= 0.6 is 11.6 Å². The molecule has 0 aliphatic carbocycles. The van der Waals surface area contributed by atoms with Crippen molar-refractivity contribution in [1.29, 1.82) is 0 Å². The van der Waals surface area contributed by atoms with Gasteiger partial charge in [0.25, 0.3) is 0 Å². The Morgan fingerprint density at radius 2 is 1.89 bits per heavy atom. The number of hydrogen-bond acceptors (Lipinski definition) is 3. The fraction of sp³-hybridized carbons (Fsp3) is 0.182. The molecular formula is C22H19ClN4. The van der Waals surface area contributed by atoms with Crippen molar-refractivity contribution in [3.63, 3.8) is 0 Å². The fourth-order valence-corrected chi connectivity index (χ4v) is 4.01. The molecule has 2 aromatic carbocycles. The van der Waals surface area contributed by atoms with Crippen molar-refractivity contribution in [2.45, 2.75) is 19.5 Å². The van der Waals surface area contributed by atoms with E-state index in [4.69, 9.17) is 16.6 Å². The number of nitrogens with zero attached hydrogens (tertiary/aromatic N) is 3. The lowest BCUT2D eigenvalue weighted by atomic mass is 10.0. The van der Waals surface area contributed by atoms with Gasteiger partial charge in [0.1, 0.15) is 0 Å². The minimum absolute atomic E-state index is 0.705. The second kappa shape index (κ2) is 6.80. The Kier molecular flexibility index (Phi) is 4.15. The summed E-state index contributed by atoms with van der Waals surface area (Å²) in [5.41, 5.74) is 6.69. The second-order valence-corrected chi connectivity index (χ2v) is 7.38. The SMILES string of the molecule is Clc1cccc2ccc(CN3CCc4[nH]nc(-c5ccccc5)c4C3)nc12. The largest absolute Gasteiger partial charge is 0.293 e. The van der Waals surface area contributed by atoms with E-state index in [-0.39, 0.29) is 0 Å². The average molecular weight is 375 g/mol. The minimum atomic E-state index is 0.705. The summed E-state index contributed by atoms with van der Waals surface area (Å²) >= 11 is 6.32. The van der Waals surface area contributed by atoms with Gasteiger partial charge in [-0.05, 0) is 12.1 Å². The molecule has 134 valence electrons. The molecule has 0 amide bonds. The van der Waals surface area contributed by atoms with E-state index in [1.165, 1.54) is 11.3 Å². The molecule has 4 aromatic rings. The first kappa shape index (κ1) is 16.5. The highest BCUT2D eigenvalue weighted by molar-refractivity contribution is 6.35. The van der Waals surface area contributed by atoms with E-state index in [0.29, 0.717) is 5.02 Å². The van der Waals surface area contributed by atoms with Crippen molar-refractivity contribution in [3.8, 4) is 11.3 Å². The molecule has 1 aliphatic rings. The van der Waals surface area contributed by atoms with Crippen molar-refractivity contribution >= 4 is 22.5 Å². The number of nitrogens with one attached hydrogen (secondary N) is 1. The first-order valence-corrected chi connectivity index (χ1v) is 9.54. The maximum absolute atomic E-state index is 6.32. The zero-order valence-corrected chi connectivity index (χ0v) is 15.6. The molecule has 3 heterocycles. The molecule has 5 heteroatoms. The molecular weight excluding hydrogens is 356 g/mol. The molecule has 5 rings (SSSR count). The third-order valence-corrected chi connectivity index (χ3v) is 5.48. The van der Waals surface area contributed by atoms with Gasteiger partial charge in [0, 0.05) is 48.3 Å². The normalized spacial score (nSPS) is 14.4. The van der Waals surface area contributed by atoms with E-state index in [1.54, 1.807) is 0 Å². The quantitative estimate of drug-likeness (QED) is 0.558. The molecule has 1 aliphatic heterocycles. The molecule has 2 aromatic heterocycles. The number of aromatic amines is 1. The first-order valence-electron chi connectivity index (χ1n) is 9.16. The van der Waals surface area contributed by atoms with Gasteiger partial charge in [0.15, 0.2) is 0 Å². The van der Waals surface area contributed by atoms with Crippen LogP contribution in [-0.2, 0) is 19.5 Å². The summed E-state index contributed by atoms with van der Waals surface area (Å²) in [6.45, 7) is 2.67. The van der Waals surface area contributed by atoms with E-state index < -0.39 is 0 Å². The molecule has 0 saturated heterocycles. The van der Waals surface area contributed by atoms with Gasteiger partial charge >= 0.3 is 0 Å². The highest BCUT2D eigenvalue weighted by Gasteiger charge is 2.23. The summed E-state index contributed by atoms with van der Waals surface area (Å²) in [6, 6.07) is 20.5. The Balaban J connectivity index is 1.41. The number of halogens is 1. The van der Waals surface area contributed by atoms with Gasteiger partial charge in [0.05, 0.1) is 21.9 Å². The summed E-state index contributed by atoms with van der Waals surface area (Å²) in [4.78, 5) is 7.22. The van der Waals surface area contributed by atoms with Gasteiger partial charge in [0.2, 0.25) is 0 Å². The van der Waals surface area contributed by atoms with Crippen molar-refractivity contribution in [2.24, 2.45) is 0 Å². The lowest BCUT2D eigenvalue weighted by molar-refractivity contribution is 0.242. The topological polar surface area (TPSA) is 44.8 Å². The molecule has 0 spiro atoms. The molecule has 4 nitrogen and oxygen atoms in total. The third kappa shape index (κ3) is 3.11. The van der Waals surface area contributed by atoms with Crippen molar-refractivity contribution in [1.82, 2.24) is 20.1 Å². The van der Waals surface area contributed by atoms with Crippen LogP contribution in [0.5, 0.6) is 0 Å². The first-order chi connectivity index (χ1) is 13.3. The smallest absolute Gasteiger partial charge is 0.0968 e. The molecule has 0 radical (unpaired) electrons. The summed E-state index contributed by atoms with van der Waals surface area (Å²) < 4.78 is 0. The van der Waals surface area contributed by atoms with Crippen molar-refractivity contribution < 1.29 is 0 Å². The van der Waals surface area contributed by atoms with Crippen LogP contribution in [0.3, 0.4) is 0 Å². The van der Waals surface area contributed by atoms with E-state index in [9.17, 15) is 0 Å². The number of hydrogen-bond donors (Lipinski definition) is 1. The van der Waals surface area contributed by atoms with E-state index in [1.807, 2.05) is 24.3 Å². The fourth-order valence-electron chi connectivity index (χ4n) is 3.79. The molecule has 0 unspecified atom stereocenters. The lowest BCUT2D eigenvalue weighted by Gasteiger charge is -2.26. The third-order valence-electron chi connectivity index (χ3n) is 5.17. The van der Waals surface area contributed by atoms with Crippen LogP contribution in [0.1, 0.15) is 17.0 Å². The zero-order chi connectivity index (χ0) is 18.2. The van der Waals surface area contributed by atoms with Crippen LogP contribution in [0.25, 0.3) is 22.2 Å². The summed E-state index contributed by atoms with van der Waals surface area (Å²) in [5, 5.41) is 9.59. The zero-order valence-electron chi connectivity index (χ0n) is 14.8. The van der Waals surface area contributed by atoms with Gasteiger partial charge in [-0.3, -0.25) is 10.00 Å². The van der Waals surface area contributed by atoms with Crippen molar-refractivity contribution in [3.05, 3.63) is 82.6 Å². The number of fused-ring (bicyclic) bond motifs is 2. The number of rotatable bonds is 3. The Morgan fingerprint density at radius 1 is 1.00 bits per heavy atom. The van der Waals surface area contributed by atoms with Gasteiger partial charge in [-0.15, -0.1) is 0 Å². The van der Waals surface area contributed by atoms with E-state index >= 15 is 0 Å². The van der Waals surface area contributed by atoms with Crippen LogP contribution in [0, 0.1) is 0 Å². The number of pyridine rings is 1. The molecule has 0 saturated carbocycles. The molecule has 0 bridgehead atoms. The predicted octanol–water partition coefficient (Wildman–Crippen LogP) is 4.84. The summed E-state index contributed by atoms with van der Waals surface area (Å²) in [5.74, 6) is 0. The van der Waals surface area contributed by atoms with Gasteiger partial charge < -0.3 is 0 Å². The molecule has 1 N–H and O–H groups in total. The van der Waals surface area contributed by atoms with Crippen LogP contribution in [-0.4, -0.2) is 26.6 Å². The number of para-hydroxylation sites is 1. The predicted molar refractivity (Wildman–Crippen MR) is 109 cm³/mol. The number of H-pyrrole nitrogens is 1. The molecule has 27 heavy (non-hydrogen) atoms. The maximum Gasteiger partial charge on any atom is 0.0968 e. The standard InChI is InChI=1S/C22H19ClN4/c23-19-8-4-7-16-9-10-17(24-22(16)19)13-27-12-11-20-18(14-27)21(26-25-20)15-5-2-1-3-6-15/h1-10H,11-14H2,(H,25,26). The highest BCUT2D eigenvalue weighted by Crippen LogP contribution is 2.29. The highest BCUT2D eigenvalue weighted by atomic mass is 35.5. The van der Waals surface area contributed by atoms with Gasteiger partial charge in [-0.2, -0.15) is 5.10 Å². The summed E-state index contributed by atoms with van der Waals surface area (Å²) in [7, 11) is 0. The van der Waals surface area contributed by atoms with Gasteiger partial charge in [-0.25, -0.2) is 4.98 Å². The van der Waals surface area contributed by atoms with Gasteiger partial charge in [-0.1, -0.05) is 60.1 Å². The van der Waals surface area contributed by atoms with Crippen LogP contribution in [0.2, 0.25) is 5.02 Å². The van der Waals surface area contributed by atoms with Crippen LogP contribution in [0.15, 0.2) is 60.7 Å². The lowest BCUT2D eigenvalue weighted by Crippen LogP contribution is -2.30. The molecule has 0 atom stereocenters. The Labute approximate surface area is 162 Å². The Morgan fingerprint density at radius 3 is 2.78 bits per heavy atom. The van der Waals surface area contributed by atoms with E-state index in [2.05, 4.69) is 51.5 Å². The van der Waals surface area contributed by atoms with Crippen molar-refractivity contribution in [2.75, 3.05) is 6.54 Å². The minimum Gasteiger partial charge on any atom is -0.293 e. The summed E-state index contributed by atoms with van der Waals surface area (Å²) in [6.07, 6.45) is 0.976. The molecule has 0 fully saturated rings.